The summed E-state index contributed by atoms with van der Waals surface area (Å²) in [4.78, 5) is 9.30. The first kappa shape index (κ1) is 14.8. The van der Waals surface area contributed by atoms with Crippen molar-refractivity contribution >= 4 is 21.5 Å². The normalized spacial score (nSPS) is 11.1. The number of nitrogens with zero attached hydrogens (tertiary/aromatic N) is 2. The Morgan fingerprint density at radius 3 is 1.27 bits per heavy atom. The molecule has 1 heterocycles. The molecule has 0 unspecified atom stereocenters. The number of aromatic nitrogens is 2. The van der Waals surface area contributed by atoms with Gasteiger partial charge in [-0.25, -0.2) is 0 Å². The highest BCUT2D eigenvalue weighted by atomic mass is 14.8. The first-order chi connectivity index (χ1) is 12.9. The largest absolute Gasteiger partial charge is 0.252 e. The topological polar surface area (TPSA) is 25.8 Å². The summed E-state index contributed by atoms with van der Waals surface area (Å²) < 4.78 is 0. The number of hydrogen-bond acceptors (Lipinski definition) is 2. The van der Waals surface area contributed by atoms with Gasteiger partial charge in [-0.15, -0.1) is 0 Å². The molecule has 1 aromatic heterocycles. The first-order valence-corrected chi connectivity index (χ1v) is 8.67. The van der Waals surface area contributed by atoms with Crippen molar-refractivity contribution in [2.24, 2.45) is 0 Å². The van der Waals surface area contributed by atoms with Crippen LogP contribution in [0.1, 0.15) is 0 Å². The fourth-order valence-electron chi connectivity index (χ4n) is 3.32. The van der Waals surface area contributed by atoms with E-state index < -0.39 is 0 Å². The van der Waals surface area contributed by atoms with Crippen LogP contribution in [0.4, 0.5) is 0 Å². The van der Waals surface area contributed by atoms with E-state index in [1.54, 1.807) is 0 Å². The molecule has 0 saturated carbocycles. The maximum atomic E-state index is 4.65. The third-order valence-electron chi connectivity index (χ3n) is 4.74. The van der Waals surface area contributed by atoms with Gasteiger partial charge in [-0.05, 0) is 33.7 Å². The van der Waals surface area contributed by atoms with Crippen molar-refractivity contribution in [2.45, 2.75) is 0 Å². The van der Waals surface area contributed by atoms with Gasteiger partial charge >= 0.3 is 0 Å². The van der Waals surface area contributed by atoms with Crippen LogP contribution in [0, 0.1) is 0 Å². The van der Waals surface area contributed by atoms with Crippen LogP contribution in [0.25, 0.3) is 44.1 Å². The highest BCUT2D eigenvalue weighted by Crippen LogP contribution is 2.25. The van der Waals surface area contributed by atoms with E-state index in [4.69, 9.17) is 0 Å². The Balaban J connectivity index is 1.52. The smallest absolute Gasteiger partial charge is 0.0885 e. The highest BCUT2D eigenvalue weighted by molar-refractivity contribution is 5.88. The van der Waals surface area contributed by atoms with Crippen molar-refractivity contribution in [2.75, 3.05) is 0 Å². The van der Waals surface area contributed by atoms with Crippen molar-refractivity contribution < 1.29 is 0 Å². The van der Waals surface area contributed by atoms with Gasteiger partial charge in [0.1, 0.15) is 0 Å². The summed E-state index contributed by atoms with van der Waals surface area (Å²) in [5.74, 6) is 0. The van der Waals surface area contributed by atoms with Crippen molar-refractivity contribution in [3.63, 3.8) is 0 Å². The minimum absolute atomic E-state index is 0.889. The van der Waals surface area contributed by atoms with Crippen LogP contribution < -0.4 is 0 Å². The average molecular weight is 332 g/mol. The number of benzene rings is 4. The van der Waals surface area contributed by atoms with Gasteiger partial charge in [-0.3, -0.25) is 9.97 Å². The minimum Gasteiger partial charge on any atom is -0.252 e. The van der Waals surface area contributed by atoms with Crippen LogP contribution in [-0.2, 0) is 0 Å². The molecule has 0 aliphatic carbocycles. The molecule has 0 aliphatic heterocycles. The first-order valence-electron chi connectivity index (χ1n) is 8.67. The SMILES string of the molecule is c1ccc2cc(-c3cnc(-c4ccc5ccccc5c4)cn3)ccc2c1. The molecule has 122 valence electrons. The van der Waals surface area contributed by atoms with E-state index in [2.05, 4.69) is 94.9 Å². The molecule has 0 radical (unpaired) electrons. The van der Waals surface area contributed by atoms with Crippen LogP contribution in [0.3, 0.4) is 0 Å². The summed E-state index contributed by atoms with van der Waals surface area (Å²) >= 11 is 0. The lowest BCUT2D eigenvalue weighted by Crippen LogP contribution is -1.89. The zero-order valence-electron chi connectivity index (χ0n) is 14.1. The van der Waals surface area contributed by atoms with E-state index in [1.165, 1.54) is 21.5 Å². The Kier molecular flexibility index (Phi) is 3.46. The van der Waals surface area contributed by atoms with Crippen LogP contribution in [0.2, 0.25) is 0 Å². The van der Waals surface area contributed by atoms with Crippen LogP contribution in [0.15, 0.2) is 97.3 Å². The molecule has 0 fully saturated rings. The van der Waals surface area contributed by atoms with Crippen molar-refractivity contribution in [3.05, 3.63) is 97.3 Å². The summed E-state index contributed by atoms with van der Waals surface area (Å²) in [6.45, 7) is 0. The molecule has 0 N–H and O–H groups in total. The Hall–Kier alpha value is -3.52. The lowest BCUT2D eigenvalue weighted by molar-refractivity contribution is 1.21. The van der Waals surface area contributed by atoms with Gasteiger partial charge in [0.25, 0.3) is 0 Å². The summed E-state index contributed by atoms with van der Waals surface area (Å²) in [6.07, 6.45) is 3.71. The molecule has 0 amide bonds. The number of hydrogen-bond donors (Lipinski definition) is 0. The Bertz CT molecular complexity index is 1130. The Morgan fingerprint density at radius 1 is 0.423 bits per heavy atom. The lowest BCUT2D eigenvalue weighted by atomic mass is 10.0. The summed E-state index contributed by atoms with van der Waals surface area (Å²) in [6, 6.07) is 29.5. The highest BCUT2D eigenvalue weighted by Gasteiger charge is 2.05. The van der Waals surface area contributed by atoms with Gasteiger partial charge in [-0.1, -0.05) is 72.8 Å². The molecule has 0 aliphatic rings. The number of fused-ring (bicyclic) bond motifs is 2. The molecular formula is C24H16N2. The van der Waals surface area contributed by atoms with Crippen molar-refractivity contribution in [3.8, 4) is 22.5 Å². The second-order valence-electron chi connectivity index (χ2n) is 6.41. The van der Waals surface area contributed by atoms with E-state index in [9.17, 15) is 0 Å². The second-order valence-corrected chi connectivity index (χ2v) is 6.41. The molecule has 0 saturated heterocycles. The Labute approximate surface area is 151 Å². The third kappa shape index (κ3) is 2.62. The van der Waals surface area contributed by atoms with E-state index in [1.807, 2.05) is 12.4 Å². The third-order valence-corrected chi connectivity index (χ3v) is 4.74. The fourth-order valence-corrected chi connectivity index (χ4v) is 3.32. The molecule has 0 spiro atoms. The van der Waals surface area contributed by atoms with E-state index >= 15 is 0 Å². The maximum Gasteiger partial charge on any atom is 0.0885 e. The zero-order chi connectivity index (χ0) is 17.3. The molecule has 0 bridgehead atoms. The number of rotatable bonds is 2. The van der Waals surface area contributed by atoms with Crippen molar-refractivity contribution in [1.29, 1.82) is 0 Å². The van der Waals surface area contributed by atoms with Gasteiger partial charge in [0.2, 0.25) is 0 Å². The molecule has 0 atom stereocenters. The summed E-state index contributed by atoms with van der Waals surface area (Å²) in [7, 11) is 0. The predicted molar refractivity (Wildman–Crippen MR) is 108 cm³/mol. The van der Waals surface area contributed by atoms with Gasteiger partial charge in [0, 0.05) is 11.1 Å². The van der Waals surface area contributed by atoms with Crippen LogP contribution in [0.5, 0.6) is 0 Å². The molecule has 5 rings (SSSR count). The van der Waals surface area contributed by atoms with Crippen LogP contribution in [-0.4, -0.2) is 9.97 Å². The fraction of sp³-hybridized carbons (Fsp3) is 0. The summed E-state index contributed by atoms with van der Waals surface area (Å²) in [5, 5.41) is 4.89. The quantitative estimate of drug-likeness (QED) is 0.389. The molecule has 4 aromatic carbocycles. The van der Waals surface area contributed by atoms with Gasteiger partial charge in [0.15, 0.2) is 0 Å². The van der Waals surface area contributed by atoms with Crippen molar-refractivity contribution in [1.82, 2.24) is 9.97 Å². The maximum absolute atomic E-state index is 4.65. The average Bonchev–Trinajstić information content (AvgIpc) is 2.73. The van der Waals surface area contributed by atoms with E-state index in [0.717, 1.165) is 22.5 Å². The van der Waals surface area contributed by atoms with Gasteiger partial charge in [-0.2, -0.15) is 0 Å². The molecule has 26 heavy (non-hydrogen) atoms. The standard InChI is InChI=1S/C24H16N2/c1-3-7-19-13-21(11-9-17(19)5-1)23-15-26-24(16-25-23)22-12-10-18-6-2-4-8-20(18)14-22/h1-16H. The second kappa shape index (κ2) is 6.08. The minimum atomic E-state index is 0.889. The molecule has 5 aromatic rings. The van der Waals surface area contributed by atoms with Crippen LogP contribution >= 0.6 is 0 Å². The Morgan fingerprint density at radius 2 is 0.846 bits per heavy atom. The molecule has 2 nitrogen and oxygen atoms in total. The lowest BCUT2D eigenvalue weighted by Gasteiger charge is -2.06. The van der Waals surface area contributed by atoms with Gasteiger partial charge in [0.05, 0.1) is 23.8 Å². The molecular weight excluding hydrogens is 316 g/mol. The zero-order valence-corrected chi connectivity index (χ0v) is 14.1. The molecule has 2 heteroatoms. The van der Waals surface area contributed by atoms with E-state index in [-0.39, 0.29) is 0 Å². The predicted octanol–water partition coefficient (Wildman–Crippen LogP) is 6.12. The summed E-state index contributed by atoms with van der Waals surface area (Å²) in [5.41, 5.74) is 3.95. The van der Waals surface area contributed by atoms with Gasteiger partial charge < -0.3 is 0 Å². The monoisotopic (exact) mass is 332 g/mol. The van der Waals surface area contributed by atoms with E-state index in [0.29, 0.717) is 0 Å².